The Bertz CT molecular complexity index is 593. The smallest absolute Gasteiger partial charge is 0.131 e. The molecule has 19 heavy (non-hydrogen) atoms. The van der Waals surface area contributed by atoms with Gasteiger partial charge in [0.2, 0.25) is 0 Å². The number of rotatable bonds is 2. The Morgan fingerprint density at radius 1 is 1.11 bits per heavy atom. The molecular formula is C17H18BrF. The molecule has 0 nitrogen and oxygen atoms in total. The van der Waals surface area contributed by atoms with Crippen LogP contribution in [0.3, 0.4) is 0 Å². The summed E-state index contributed by atoms with van der Waals surface area (Å²) in [4.78, 5) is 0.329. The van der Waals surface area contributed by atoms with Crippen LogP contribution < -0.4 is 0 Å². The second-order valence-electron chi connectivity index (χ2n) is 5.66. The van der Waals surface area contributed by atoms with E-state index in [1.165, 1.54) is 24.8 Å². The van der Waals surface area contributed by atoms with Crippen molar-refractivity contribution in [1.82, 2.24) is 0 Å². The van der Waals surface area contributed by atoms with Crippen molar-refractivity contribution in [1.29, 1.82) is 0 Å². The van der Waals surface area contributed by atoms with E-state index in [1.54, 1.807) is 6.07 Å². The van der Waals surface area contributed by atoms with E-state index in [1.807, 2.05) is 30.3 Å². The Hall–Kier alpha value is -0.890. The predicted octanol–water partition coefficient (Wildman–Crippen LogP) is 5.85. The molecule has 0 heterocycles. The number of halogens is 2. The van der Waals surface area contributed by atoms with E-state index in [2.05, 4.69) is 22.9 Å². The maximum Gasteiger partial charge on any atom is 0.131 e. The zero-order chi connectivity index (χ0) is 13.4. The summed E-state index contributed by atoms with van der Waals surface area (Å²) < 4.78 is 13.9. The normalized spacial score (nSPS) is 24.8. The molecule has 2 aromatic carbocycles. The number of hydrogen-bond donors (Lipinski definition) is 0. The first-order valence-electron chi connectivity index (χ1n) is 6.99. The molecule has 0 spiro atoms. The molecule has 1 fully saturated rings. The average Bonchev–Trinajstić information content (AvgIpc) is 2.85. The summed E-state index contributed by atoms with van der Waals surface area (Å²) in [5.41, 5.74) is 1.23. The fourth-order valence-corrected chi connectivity index (χ4v) is 4.55. The fourth-order valence-electron chi connectivity index (χ4n) is 3.37. The molecule has 1 aliphatic rings. The van der Waals surface area contributed by atoms with E-state index < -0.39 is 0 Å². The van der Waals surface area contributed by atoms with Crippen LogP contribution in [0.4, 0.5) is 4.39 Å². The van der Waals surface area contributed by atoms with Crippen LogP contribution in [0.1, 0.15) is 36.6 Å². The van der Waals surface area contributed by atoms with Crippen LogP contribution in [0.25, 0.3) is 10.8 Å². The molecule has 1 aliphatic carbocycles. The molecule has 0 radical (unpaired) electrons. The monoisotopic (exact) mass is 320 g/mol. The van der Waals surface area contributed by atoms with Gasteiger partial charge in [0.25, 0.3) is 0 Å². The Morgan fingerprint density at radius 3 is 2.53 bits per heavy atom. The van der Waals surface area contributed by atoms with E-state index in [0.29, 0.717) is 10.7 Å². The SMILES string of the molecule is CC1CCCC1C(Br)c1ccc(F)c2ccccc12. The van der Waals surface area contributed by atoms with Gasteiger partial charge in [-0.2, -0.15) is 0 Å². The van der Waals surface area contributed by atoms with Crippen molar-refractivity contribution in [2.24, 2.45) is 11.8 Å². The second-order valence-corrected chi connectivity index (χ2v) is 6.64. The van der Waals surface area contributed by atoms with E-state index >= 15 is 0 Å². The van der Waals surface area contributed by atoms with E-state index in [4.69, 9.17) is 0 Å². The van der Waals surface area contributed by atoms with Crippen molar-refractivity contribution >= 4 is 26.7 Å². The Labute approximate surface area is 122 Å². The molecule has 0 bridgehead atoms. The molecule has 0 aromatic heterocycles. The van der Waals surface area contributed by atoms with Gasteiger partial charge in [-0.3, -0.25) is 0 Å². The first kappa shape index (κ1) is 13.1. The van der Waals surface area contributed by atoms with Gasteiger partial charge in [0.1, 0.15) is 5.82 Å². The highest BCUT2D eigenvalue weighted by Crippen LogP contribution is 2.46. The molecule has 2 heteroatoms. The number of alkyl halides is 1. The van der Waals surface area contributed by atoms with Gasteiger partial charge >= 0.3 is 0 Å². The van der Waals surface area contributed by atoms with E-state index in [0.717, 1.165) is 16.7 Å². The highest BCUT2D eigenvalue weighted by Gasteiger charge is 2.31. The molecule has 0 amide bonds. The summed E-state index contributed by atoms with van der Waals surface area (Å²) in [6.07, 6.45) is 3.89. The molecule has 1 saturated carbocycles. The van der Waals surface area contributed by atoms with Gasteiger partial charge in [-0.25, -0.2) is 4.39 Å². The molecule has 3 atom stereocenters. The Kier molecular flexibility index (Phi) is 3.62. The minimum atomic E-state index is -0.126. The van der Waals surface area contributed by atoms with Crippen molar-refractivity contribution in [3.05, 3.63) is 47.8 Å². The summed E-state index contributed by atoms with van der Waals surface area (Å²) in [7, 11) is 0. The van der Waals surface area contributed by atoms with Gasteiger partial charge in [0.15, 0.2) is 0 Å². The zero-order valence-electron chi connectivity index (χ0n) is 11.1. The van der Waals surface area contributed by atoms with Crippen LogP contribution in [0.5, 0.6) is 0 Å². The lowest BCUT2D eigenvalue weighted by Crippen LogP contribution is -2.11. The molecule has 3 unspecified atom stereocenters. The Balaban J connectivity index is 2.07. The lowest BCUT2D eigenvalue weighted by molar-refractivity contribution is 0.415. The number of benzene rings is 2. The summed E-state index contributed by atoms with van der Waals surface area (Å²) >= 11 is 3.88. The highest BCUT2D eigenvalue weighted by atomic mass is 79.9. The van der Waals surface area contributed by atoms with Crippen molar-refractivity contribution in [3.8, 4) is 0 Å². The minimum absolute atomic E-state index is 0.126. The van der Waals surface area contributed by atoms with Crippen molar-refractivity contribution < 1.29 is 4.39 Å². The van der Waals surface area contributed by atoms with Crippen LogP contribution in [-0.2, 0) is 0 Å². The van der Waals surface area contributed by atoms with Crippen LogP contribution in [0, 0.1) is 17.7 Å². The van der Waals surface area contributed by atoms with Crippen LogP contribution in [0.15, 0.2) is 36.4 Å². The van der Waals surface area contributed by atoms with Gasteiger partial charge in [-0.1, -0.05) is 66.0 Å². The molecule has 3 rings (SSSR count). The third-order valence-corrected chi connectivity index (χ3v) is 5.68. The van der Waals surface area contributed by atoms with Gasteiger partial charge in [-0.05, 0) is 35.3 Å². The quantitative estimate of drug-likeness (QED) is 0.609. The first-order valence-corrected chi connectivity index (χ1v) is 7.91. The maximum atomic E-state index is 13.9. The lowest BCUT2D eigenvalue weighted by Gasteiger charge is -2.23. The predicted molar refractivity (Wildman–Crippen MR) is 82.1 cm³/mol. The van der Waals surface area contributed by atoms with Gasteiger partial charge < -0.3 is 0 Å². The third kappa shape index (κ3) is 2.31. The third-order valence-electron chi connectivity index (χ3n) is 4.51. The number of hydrogen-bond acceptors (Lipinski definition) is 0. The van der Waals surface area contributed by atoms with Crippen molar-refractivity contribution in [2.75, 3.05) is 0 Å². The largest absolute Gasteiger partial charge is 0.206 e. The van der Waals surface area contributed by atoms with Crippen LogP contribution in [0.2, 0.25) is 0 Å². The summed E-state index contributed by atoms with van der Waals surface area (Å²) in [6, 6.07) is 11.3. The highest BCUT2D eigenvalue weighted by molar-refractivity contribution is 9.09. The van der Waals surface area contributed by atoms with Crippen molar-refractivity contribution in [3.63, 3.8) is 0 Å². The fraction of sp³-hybridized carbons (Fsp3) is 0.412. The van der Waals surface area contributed by atoms with E-state index in [9.17, 15) is 4.39 Å². The molecule has 100 valence electrons. The van der Waals surface area contributed by atoms with Crippen LogP contribution >= 0.6 is 15.9 Å². The first-order chi connectivity index (χ1) is 9.18. The maximum absolute atomic E-state index is 13.9. The lowest BCUT2D eigenvalue weighted by atomic mass is 9.88. The molecule has 0 N–H and O–H groups in total. The summed E-state index contributed by atoms with van der Waals surface area (Å²) in [6.45, 7) is 2.33. The average molecular weight is 321 g/mol. The van der Waals surface area contributed by atoms with Crippen molar-refractivity contribution in [2.45, 2.75) is 31.0 Å². The van der Waals surface area contributed by atoms with Gasteiger partial charge in [0, 0.05) is 10.2 Å². The summed E-state index contributed by atoms with van der Waals surface area (Å²) in [5, 5.41) is 1.78. The number of fused-ring (bicyclic) bond motifs is 1. The topological polar surface area (TPSA) is 0 Å². The van der Waals surface area contributed by atoms with E-state index in [-0.39, 0.29) is 5.82 Å². The molecule has 0 saturated heterocycles. The minimum Gasteiger partial charge on any atom is -0.206 e. The van der Waals surface area contributed by atoms with Crippen LogP contribution in [-0.4, -0.2) is 0 Å². The molecular weight excluding hydrogens is 303 g/mol. The zero-order valence-corrected chi connectivity index (χ0v) is 12.7. The summed E-state index contributed by atoms with van der Waals surface area (Å²) in [5.74, 6) is 1.28. The van der Waals surface area contributed by atoms with Gasteiger partial charge in [-0.15, -0.1) is 0 Å². The van der Waals surface area contributed by atoms with Gasteiger partial charge in [0.05, 0.1) is 0 Å². The standard InChI is InChI=1S/C17H18BrF/c1-11-5-4-8-12(11)17(18)15-9-10-16(19)14-7-3-2-6-13(14)15/h2-3,6-7,9-12,17H,4-5,8H2,1H3. The molecule has 0 aliphatic heterocycles. The Morgan fingerprint density at radius 2 is 1.84 bits per heavy atom. The molecule has 2 aromatic rings. The second kappa shape index (κ2) is 5.24.